The average Bonchev–Trinajstić information content (AvgIpc) is 2.55. The highest BCUT2D eigenvalue weighted by Crippen LogP contribution is 2.21. The van der Waals surface area contributed by atoms with Crippen LogP contribution in [0.25, 0.3) is 0 Å². The first-order valence-corrected chi connectivity index (χ1v) is 7.09. The van der Waals surface area contributed by atoms with Crippen molar-refractivity contribution in [1.82, 2.24) is 0 Å². The lowest BCUT2D eigenvalue weighted by molar-refractivity contribution is 0.0532. The van der Waals surface area contributed by atoms with Crippen LogP contribution in [0.15, 0.2) is 37.4 Å². The number of esters is 2. The highest BCUT2D eigenvalue weighted by Gasteiger charge is 2.24. The Kier molecular flexibility index (Phi) is 6.79. The largest absolute Gasteiger partial charge is 0.458 e. The minimum Gasteiger partial charge on any atom is -0.458 e. The molecule has 0 N–H and O–H groups in total. The van der Waals surface area contributed by atoms with Crippen molar-refractivity contribution < 1.29 is 28.7 Å². The molecule has 0 fully saturated rings. The third-order valence-corrected chi connectivity index (χ3v) is 3.02. The van der Waals surface area contributed by atoms with Crippen LogP contribution < -0.4 is 0 Å². The highest BCUT2D eigenvalue weighted by atomic mass is 16.5. The summed E-state index contributed by atoms with van der Waals surface area (Å²) in [6, 6.07) is 2.35. The molecule has 0 atom stereocenters. The van der Waals surface area contributed by atoms with Crippen molar-refractivity contribution in [2.45, 2.75) is 13.8 Å². The summed E-state index contributed by atoms with van der Waals surface area (Å²) < 4.78 is 9.84. The van der Waals surface area contributed by atoms with Gasteiger partial charge in [-0.2, -0.15) is 0 Å². The molecule has 0 saturated heterocycles. The fourth-order valence-corrected chi connectivity index (χ4v) is 1.94. The summed E-state index contributed by atoms with van der Waals surface area (Å²) in [5.74, 6) is -2.47. The van der Waals surface area contributed by atoms with Gasteiger partial charge in [0.05, 0.1) is 11.1 Å². The Morgan fingerprint density at radius 3 is 1.38 bits per heavy atom. The molecule has 1 rings (SSSR count). The van der Waals surface area contributed by atoms with Crippen molar-refractivity contribution in [1.29, 1.82) is 0 Å². The molecule has 0 aliphatic rings. The van der Waals surface area contributed by atoms with E-state index in [2.05, 4.69) is 13.2 Å². The number of Topliss-reactive ketones (excluding diaryl/α,β-unsaturated/α-hetero) is 2. The molecule has 1 aromatic carbocycles. The van der Waals surface area contributed by atoms with Gasteiger partial charge >= 0.3 is 11.9 Å². The minimum absolute atomic E-state index is 0.0281. The van der Waals surface area contributed by atoms with Crippen molar-refractivity contribution in [2.75, 3.05) is 13.2 Å². The summed E-state index contributed by atoms with van der Waals surface area (Å²) in [4.78, 5) is 47.9. The zero-order valence-corrected chi connectivity index (χ0v) is 13.6. The van der Waals surface area contributed by atoms with E-state index in [1.54, 1.807) is 0 Å². The predicted octanol–water partition coefficient (Wildman–Crippen LogP) is 2.78. The first-order chi connectivity index (χ1) is 11.3. The Bertz CT molecular complexity index is 653. The molecule has 0 saturated carbocycles. The lowest BCUT2D eigenvalue weighted by Gasteiger charge is -2.12. The molecule has 0 aromatic heterocycles. The van der Waals surface area contributed by atoms with Crippen LogP contribution in [0.2, 0.25) is 0 Å². The Morgan fingerprint density at radius 1 is 0.792 bits per heavy atom. The van der Waals surface area contributed by atoms with Gasteiger partial charge in [0.2, 0.25) is 0 Å². The van der Waals surface area contributed by atoms with E-state index in [1.807, 2.05) is 0 Å². The van der Waals surface area contributed by atoms with Crippen molar-refractivity contribution in [3.8, 4) is 0 Å². The zero-order chi connectivity index (χ0) is 18.3. The van der Waals surface area contributed by atoms with Gasteiger partial charge in [-0.1, -0.05) is 25.3 Å². The summed E-state index contributed by atoms with van der Waals surface area (Å²) in [6.45, 7) is 9.25. The van der Waals surface area contributed by atoms with Crippen LogP contribution in [0.4, 0.5) is 0 Å². The SMILES string of the molecule is C=CCOC(=O)c1cc(C(C)=O)c(C(=O)OCC=C)cc1C(C)=O. The fourth-order valence-electron chi connectivity index (χ4n) is 1.94. The van der Waals surface area contributed by atoms with Gasteiger partial charge in [0, 0.05) is 11.1 Å². The molecule has 0 aliphatic heterocycles. The van der Waals surface area contributed by atoms with Crippen LogP contribution in [-0.2, 0) is 9.47 Å². The molecule has 0 bridgehead atoms. The van der Waals surface area contributed by atoms with Gasteiger partial charge in [-0.05, 0) is 26.0 Å². The molecular weight excluding hydrogens is 312 g/mol. The van der Waals surface area contributed by atoms with E-state index in [1.165, 1.54) is 38.1 Å². The molecule has 0 aliphatic carbocycles. The lowest BCUT2D eigenvalue weighted by atomic mass is 9.94. The van der Waals surface area contributed by atoms with E-state index in [9.17, 15) is 19.2 Å². The topological polar surface area (TPSA) is 86.7 Å². The smallest absolute Gasteiger partial charge is 0.339 e. The van der Waals surface area contributed by atoms with Gasteiger partial charge in [0.15, 0.2) is 11.6 Å². The number of hydrogen-bond acceptors (Lipinski definition) is 6. The summed E-state index contributed by atoms with van der Waals surface area (Å²) in [5.41, 5.74) is -0.233. The third-order valence-electron chi connectivity index (χ3n) is 3.02. The maximum Gasteiger partial charge on any atom is 0.339 e. The van der Waals surface area contributed by atoms with Gasteiger partial charge in [-0.15, -0.1) is 0 Å². The van der Waals surface area contributed by atoms with E-state index in [0.29, 0.717) is 0 Å². The second kappa shape index (κ2) is 8.57. The maximum atomic E-state index is 12.1. The van der Waals surface area contributed by atoms with Crippen molar-refractivity contribution in [2.24, 2.45) is 0 Å². The Hall–Kier alpha value is -3.02. The van der Waals surface area contributed by atoms with Crippen LogP contribution in [0.5, 0.6) is 0 Å². The zero-order valence-electron chi connectivity index (χ0n) is 13.6. The van der Waals surface area contributed by atoms with E-state index >= 15 is 0 Å². The molecule has 0 unspecified atom stereocenters. The van der Waals surface area contributed by atoms with Crippen molar-refractivity contribution >= 4 is 23.5 Å². The van der Waals surface area contributed by atoms with Crippen LogP contribution in [-0.4, -0.2) is 36.7 Å². The number of ketones is 2. The number of rotatable bonds is 8. The molecule has 0 heterocycles. The monoisotopic (exact) mass is 330 g/mol. The first-order valence-electron chi connectivity index (χ1n) is 7.09. The molecule has 0 amide bonds. The second-order valence-electron chi connectivity index (χ2n) is 4.83. The van der Waals surface area contributed by atoms with E-state index in [0.717, 1.165) is 0 Å². The summed E-state index contributed by atoms with van der Waals surface area (Å²) >= 11 is 0. The number of benzene rings is 1. The molecule has 126 valence electrons. The van der Waals surface area contributed by atoms with Crippen LogP contribution in [0, 0.1) is 0 Å². The number of carbonyl (C=O) groups excluding carboxylic acids is 4. The predicted molar refractivity (Wildman–Crippen MR) is 87.4 cm³/mol. The molecule has 1 aromatic rings. The Labute approximate surface area is 139 Å². The summed E-state index contributed by atoms with van der Waals surface area (Å²) in [6.07, 6.45) is 2.75. The number of hydrogen-bond donors (Lipinski definition) is 0. The van der Waals surface area contributed by atoms with Gasteiger partial charge in [-0.25, -0.2) is 9.59 Å². The van der Waals surface area contributed by atoms with Crippen LogP contribution >= 0.6 is 0 Å². The Balaban J connectivity index is 3.49. The third kappa shape index (κ3) is 4.49. The van der Waals surface area contributed by atoms with Gasteiger partial charge in [-0.3, -0.25) is 9.59 Å². The van der Waals surface area contributed by atoms with E-state index in [4.69, 9.17) is 9.47 Å². The normalized spacial score (nSPS) is 9.75. The minimum atomic E-state index is -0.784. The molecule has 24 heavy (non-hydrogen) atoms. The quantitative estimate of drug-likeness (QED) is 0.414. The standard InChI is InChI=1S/C18H18O6/c1-5-7-23-17(21)15-9-14(12(4)20)16(10-13(15)11(3)19)18(22)24-8-6-2/h5-6,9-10H,1-2,7-8H2,3-4H3. The molecule has 6 heteroatoms. The average molecular weight is 330 g/mol. The van der Waals surface area contributed by atoms with Crippen molar-refractivity contribution in [3.63, 3.8) is 0 Å². The molecule has 6 nitrogen and oxygen atoms in total. The second-order valence-corrected chi connectivity index (χ2v) is 4.83. The van der Waals surface area contributed by atoms with Gasteiger partial charge < -0.3 is 9.47 Å². The highest BCUT2D eigenvalue weighted by molar-refractivity contribution is 6.12. The number of ether oxygens (including phenoxy) is 2. The molecule has 0 radical (unpaired) electrons. The number of carbonyl (C=O) groups is 4. The Morgan fingerprint density at radius 2 is 1.12 bits per heavy atom. The lowest BCUT2D eigenvalue weighted by Crippen LogP contribution is -2.17. The van der Waals surface area contributed by atoms with Gasteiger partial charge in [0.1, 0.15) is 13.2 Å². The van der Waals surface area contributed by atoms with Crippen LogP contribution in [0.3, 0.4) is 0 Å². The molecular formula is C18H18O6. The molecule has 0 spiro atoms. The van der Waals surface area contributed by atoms with E-state index < -0.39 is 23.5 Å². The van der Waals surface area contributed by atoms with Gasteiger partial charge in [0.25, 0.3) is 0 Å². The first kappa shape index (κ1) is 19.0. The van der Waals surface area contributed by atoms with E-state index in [-0.39, 0.29) is 35.5 Å². The summed E-state index contributed by atoms with van der Waals surface area (Å²) in [5, 5.41) is 0. The summed E-state index contributed by atoms with van der Waals surface area (Å²) in [7, 11) is 0. The van der Waals surface area contributed by atoms with Crippen molar-refractivity contribution in [3.05, 3.63) is 59.7 Å². The maximum absolute atomic E-state index is 12.1. The fraction of sp³-hybridized carbons (Fsp3) is 0.222. The van der Waals surface area contributed by atoms with Crippen LogP contribution in [0.1, 0.15) is 55.3 Å².